The molecule has 0 aromatic carbocycles. The van der Waals surface area contributed by atoms with Gasteiger partial charge in [0.25, 0.3) is 0 Å². The Balaban J connectivity index is 1.83. The second kappa shape index (κ2) is 8.35. The number of hydrogen-bond acceptors (Lipinski definition) is 3. The van der Waals surface area contributed by atoms with Gasteiger partial charge in [-0.3, -0.25) is 4.79 Å². The van der Waals surface area contributed by atoms with Crippen LogP contribution >= 0.6 is 0 Å². The number of carboxylic acids is 1. The third-order valence-corrected chi connectivity index (χ3v) is 5.29. The number of urea groups is 1. The van der Waals surface area contributed by atoms with Crippen molar-refractivity contribution in [2.45, 2.75) is 52.0 Å². The molecule has 0 radical (unpaired) electrons. The van der Waals surface area contributed by atoms with Crippen molar-refractivity contribution in [2.24, 2.45) is 11.8 Å². The highest BCUT2D eigenvalue weighted by molar-refractivity contribution is 5.85. The molecule has 136 valence electrons. The molecule has 24 heavy (non-hydrogen) atoms. The predicted molar refractivity (Wildman–Crippen MR) is 89.5 cm³/mol. The van der Waals surface area contributed by atoms with E-state index in [4.69, 9.17) is 0 Å². The lowest BCUT2D eigenvalue weighted by atomic mass is 9.93. The molecule has 0 aromatic heterocycles. The molecule has 7 heteroatoms. The van der Waals surface area contributed by atoms with Crippen LogP contribution in [0.1, 0.15) is 46.0 Å². The molecule has 3 amide bonds. The Morgan fingerprint density at radius 3 is 2.12 bits per heavy atom. The molecule has 0 aliphatic carbocycles. The lowest BCUT2D eigenvalue weighted by Gasteiger charge is -2.34. The van der Waals surface area contributed by atoms with Crippen molar-refractivity contribution in [1.29, 1.82) is 0 Å². The van der Waals surface area contributed by atoms with E-state index < -0.39 is 12.0 Å². The number of carboxylic acid groups (broad SMARTS) is 1. The minimum Gasteiger partial charge on any atom is -0.480 e. The lowest BCUT2D eigenvalue weighted by molar-refractivity contribution is -0.144. The summed E-state index contributed by atoms with van der Waals surface area (Å²) in [5.74, 6) is -1.50. The number of aliphatic carboxylic acids is 1. The molecule has 0 spiro atoms. The average molecular weight is 339 g/mol. The maximum Gasteiger partial charge on any atom is 0.326 e. The third-order valence-electron chi connectivity index (χ3n) is 5.29. The van der Waals surface area contributed by atoms with Gasteiger partial charge in [0, 0.05) is 32.1 Å². The molecule has 2 saturated heterocycles. The van der Waals surface area contributed by atoms with Crippen molar-refractivity contribution < 1.29 is 19.5 Å². The first-order valence-electron chi connectivity index (χ1n) is 9.01. The van der Waals surface area contributed by atoms with E-state index in [1.165, 1.54) is 0 Å². The van der Waals surface area contributed by atoms with Crippen LogP contribution in [-0.4, -0.2) is 65.0 Å². The van der Waals surface area contributed by atoms with Gasteiger partial charge in [0.1, 0.15) is 6.04 Å². The van der Waals surface area contributed by atoms with Crippen molar-refractivity contribution >= 4 is 17.9 Å². The zero-order chi connectivity index (χ0) is 17.7. The van der Waals surface area contributed by atoms with Crippen LogP contribution in [-0.2, 0) is 9.59 Å². The molecule has 7 nitrogen and oxygen atoms in total. The Bertz CT molecular complexity index is 468. The molecule has 0 saturated carbocycles. The molecule has 2 heterocycles. The van der Waals surface area contributed by atoms with E-state index in [0.29, 0.717) is 32.4 Å². The van der Waals surface area contributed by atoms with Gasteiger partial charge in [-0.25, -0.2) is 9.59 Å². The van der Waals surface area contributed by atoms with Gasteiger partial charge in [0.15, 0.2) is 0 Å². The van der Waals surface area contributed by atoms with E-state index in [9.17, 15) is 19.5 Å². The number of likely N-dealkylation sites (tertiary alicyclic amines) is 2. The summed E-state index contributed by atoms with van der Waals surface area (Å²) < 4.78 is 0. The smallest absolute Gasteiger partial charge is 0.326 e. The Labute approximate surface area is 143 Å². The molecule has 2 aliphatic rings. The van der Waals surface area contributed by atoms with Gasteiger partial charge in [0.2, 0.25) is 5.91 Å². The lowest BCUT2D eigenvalue weighted by Crippen LogP contribution is -2.51. The van der Waals surface area contributed by atoms with E-state index in [0.717, 1.165) is 25.9 Å². The minimum atomic E-state index is -0.987. The third kappa shape index (κ3) is 4.39. The van der Waals surface area contributed by atoms with Crippen LogP contribution in [0.4, 0.5) is 4.79 Å². The highest BCUT2D eigenvalue weighted by Gasteiger charge is 2.33. The molecule has 2 fully saturated rings. The van der Waals surface area contributed by atoms with E-state index >= 15 is 0 Å². The number of hydrogen-bond donors (Lipinski definition) is 2. The largest absolute Gasteiger partial charge is 0.480 e. The molecule has 2 unspecified atom stereocenters. The summed E-state index contributed by atoms with van der Waals surface area (Å²) in [6.07, 6.45) is 4.02. The molecule has 2 N–H and O–H groups in total. The summed E-state index contributed by atoms with van der Waals surface area (Å²) in [5.41, 5.74) is 0. The molecule has 2 rings (SSSR count). The first-order valence-corrected chi connectivity index (χ1v) is 9.01. The fraction of sp³-hybridized carbons (Fsp3) is 0.824. The summed E-state index contributed by atoms with van der Waals surface area (Å²) in [4.78, 5) is 39.8. The normalized spacial score (nSPS) is 21.4. The van der Waals surface area contributed by atoms with E-state index in [2.05, 4.69) is 5.32 Å². The standard InChI is InChI=1S/C17H29N3O4/c1-3-12(2)14(16(22)23)18-15(21)13-6-10-20(11-7-13)17(24)19-8-4-5-9-19/h12-14H,3-11H2,1-2H3,(H,18,21)(H,22,23). The zero-order valence-corrected chi connectivity index (χ0v) is 14.7. The minimum absolute atomic E-state index is 0.0781. The molecule has 2 aliphatic heterocycles. The van der Waals surface area contributed by atoms with Gasteiger partial charge in [-0.15, -0.1) is 0 Å². The van der Waals surface area contributed by atoms with E-state index in [1.54, 1.807) is 0 Å². The molecular weight excluding hydrogens is 310 g/mol. The van der Waals surface area contributed by atoms with Crippen molar-refractivity contribution in [1.82, 2.24) is 15.1 Å². The molecule has 0 bridgehead atoms. The van der Waals surface area contributed by atoms with Gasteiger partial charge in [0.05, 0.1) is 0 Å². The van der Waals surface area contributed by atoms with Crippen LogP contribution in [0.15, 0.2) is 0 Å². The number of amides is 3. The molecule has 2 atom stereocenters. The zero-order valence-electron chi connectivity index (χ0n) is 14.7. The highest BCUT2D eigenvalue weighted by Crippen LogP contribution is 2.21. The van der Waals surface area contributed by atoms with Gasteiger partial charge in [-0.2, -0.15) is 0 Å². The second-order valence-electron chi connectivity index (χ2n) is 6.95. The highest BCUT2D eigenvalue weighted by atomic mass is 16.4. The van der Waals surface area contributed by atoms with Crippen molar-refractivity contribution in [3.63, 3.8) is 0 Å². The first kappa shape index (κ1) is 18.5. The van der Waals surface area contributed by atoms with Crippen LogP contribution in [0.5, 0.6) is 0 Å². The van der Waals surface area contributed by atoms with Crippen LogP contribution in [0, 0.1) is 11.8 Å². The quantitative estimate of drug-likeness (QED) is 0.795. The SMILES string of the molecule is CCC(C)C(NC(=O)C1CCN(C(=O)N2CCCC2)CC1)C(=O)O. The summed E-state index contributed by atoms with van der Waals surface area (Å²) in [5, 5.41) is 12.0. The molecular formula is C17H29N3O4. The Kier molecular flexibility index (Phi) is 6.45. The van der Waals surface area contributed by atoms with E-state index in [1.807, 2.05) is 23.6 Å². The average Bonchev–Trinajstić information content (AvgIpc) is 3.12. The predicted octanol–water partition coefficient (Wildman–Crippen LogP) is 1.53. The monoisotopic (exact) mass is 339 g/mol. The van der Waals surface area contributed by atoms with Crippen molar-refractivity contribution in [2.75, 3.05) is 26.2 Å². The number of carbonyl (C=O) groups is 3. The van der Waals surface area contributed by atoms with Gasteiger partial charge in [-0.1, -0.05) is 20.3 Å². The van der Waals surface area contributed by atoms with Crippen LogP contribution in [0.2, 0.25) is 0 Å². The summed E-state index contributed by atoms with van der Waals surface area (Å²) in [6, 6.07) is -0.763. The van der Waals surface area contributed by atoms with E-state index in [-0.39, 0.29) is 23.8 Å². The maximum absolute atomic E-state index is 12.4. The van der Waals surface area contributed by atoms with Gasteiger partial charge >= 0.3 is 12.0 Å². The fourth-order valence-corrected chi connectivity index (χ4v) is 3.40. The number of nitrogens with zero attached hydrogens (tertiary/aromatic N) is 2. The number of rotatable bonds is 5. The maximum atomic E-state index is 12.4. The first-order chi connectivity index (χ1) is 11.4. The number of carbonyl (C=O) groups excluding carboxylic acids is 2. The summed E-state index contributed by atoms with van der Waals surface area (Å²) in [7, 11) is 0. The van der Waals surface area contributed by atoms with Crippen LogP contribution in [0.25, 0.3) is 0 Å². The van der Waals surface area contributed by atoms with Crippen molar-refractivity contribution in [3.05, 3.63) is 0 Å². The van der Waals surface area contributed by atoms with Crippen LogP contribution in [0.3, 0.4) is 0 Å². The Hall–Kier alpha value is -1.79. The van der Waals surface area contributed by atoms with Crippen molar-refractivity contribution in [3.8, 4) is 0 Å². The summed E-state index contributed by atoms with van der Waals surface area (Å²) >= 11 is 0. The molecule has 0 aromatic rings. The Morgan fingerprint density at radius 2 is 1.62 bits per heavy atom. The summed E-state index contributed by atoms with van der Waals surface area (Å²) in [6.45, 7) is 6.53. The Morgan fingerprint density at radius 1 is 1.08 bits per heavy atom. The fourth-order valence-electron chi connectivity index (χ4n) is 3.40. The van der Waals surface area contributed by atoms with Gasteiger partial charge in [-0.05, 0) is 31.6 Å². The number of piperidine rings is 1. The topological polar surface area (TPSA) is 90.0 Å². The van der Waals surface area contributed by atoms with Gasteiger partial charge < -0.3 is 20.2 Å². The second-order valence-corrected chi connectivity index (χ2v) is 6.95. The van der Waals surface area contributed by atoms with Crippen LogP contribution < -0.4 is 5.32 Å². The number of nitrogens with one attached hydrogen (secondary N) is 1.